The van der Waals surface area contributed by atoms with Crippen LogP contribution < -0.4 is 10.5 Å². The van der Waals surface area contributed by atoms with Crippen molar-refractivity contribution in [2.75, 3.05) is 32.0 Å². The molecule has 2 rings (SSSR count). The van der Waals surface area contributed by atoms with Crippen molar-refractivity contribution in [2.24, 2.45) is 0 Å². The smallest absolute Gasteiger partial charge is 0.121 e. The zero-order valence-corrected chi connectivity index (χ0v) is 11.4. The van der Waals surface area contributed by atoms with E-state index in [2.05, 4.69) is 4.90 Å². The summed E-state index contributed by atoms with van der Waals surface area (Å²) in [7, 11) is 0. The maximum absolute atomic E-state index is 8.91. The molecule has 0 saturated carbocycles. The Morgan fingerprint density at radius 2 is 2.32 bits per heavy atom. The minimum atomic E-state index is 0.296. The first kappa shape index (κ1) is 14.2. The van der Waals surface area contributed by atoms with Crippen LogP contribution in [0.4, 0.5) is 5.69 Å². The monoisotopic (exact) mass is 264 g/mol. The third-order valence-electron chi connectivity index (χ3n) is 3.70. The van der Waals surface area contributed by atoms with Crippen molar-refractivity contribution in [1.82, 2.24) is 4.90 Å². The number of rotatable bonds is 7. The van der Waals surface area contributed by atoms with Crippen LogP contribution in [-0.2, 0) is 0 Å². The summed E-state index contributed by atoms with van der Waals surface area (Å²) in [5.41, 5.74) is 6.45. The predicted molar refractivity (Wildman–Crippen MR) is 77.3 cm³/mol. The number of hydrogen-bond donors (Lipinski definition) is 2. The summed E-state index contributed by atoms with van der Waals surface area (Å²) in [6, 6.07) is 8.18. The average molecular weight is 264 g/mol. The molecule has 0 radical (unpaired) electrons. The van der Waals surface area contributed by atoms with E-state index in [1.807, 2.05) is 24.3 Å². The number of benzene rings is 1. The zero-order chi connectivity index (χ0) is 13.5. The number of ether oxygens (including phenoxy) is 1. The van der Waals surface area contributed by atoms with Gasteiger partial charge in [-0.1, -0.05) is 6.07 Å². The second-order valence-electron chi connectivity index (χ2n) is 5.12. The van der Waals surface area contributed by atoms with Crippen molar-refractivity contribution in [2.45, 2.75) is 31.7 Å². The van der Waals surface area contributed by atoms with Crippen LogP contribution in [0.15, 0.2) is 24.3 Å². The van der Waals surface area contributed by atoms with Gasteiger partial charge in [-0.25, -0.2) is 0 Å². The van der Waals surface area contributed by atoms with E-state index in [1.165, 1.54) is 12.8 Å². The summed E-state index contributed by atoms with van der Waals surface area (Å²) < 4.78 is 5.73. The summed E-state index contributed by atoms with van der Waals surface area (Å²) in [6.07, 6.45) is 4.50. The van der Waals surface area contributed by atoms with Crippen LogP contribution in [0.3, 0.4) is 0 Å². The Morgan fingerprint density at radius 3 is 3.11 bits per heavy atom. The van der Waals surface area contributed by atoms with Gasteiger partial charge in [0.2, 0.25) is 0 Å². The van der Waals surface area contributed by atoms with Gasteiger partial charge in [0.25, 0.3) is 0 Å². The standard InChI is InChI=1S/C15H24N2O2/c16-13-4-1-7-15(12-13)19-11-9-17-8-2-5-14(17)6-3-10-18/h1,4,7,12,14,18H,2-3,5-6,8-11,16H2. The fourth-order valence-electron chi connectivity index (χ4n) is 2.73. The zero-order valence-electron chi connectivity index (χ0n) is 11.4. The molecule has 1 fully saturated rings. The number of hydrogen-bond acceptors (Lipinski definition) is 4. The van der Waals surface area contributed by atoms with Crippen molar-refractivity contribution >= 4 is 5.69 Å². The lowest BCUT2D eigenvalue weighted by molar-refractivity contribution is 0.180. The van der Waals surface area contributed by atoms with Crippen molar-refractivity contribution in [3.05, 3.63) is 24.3 Å². The molecule has 1 aliphatic rings. The van der Waals surface area contributed by atoms with Gasteiger partial charge in [-0.05, 0) is 44.4 Å². The molecule has 1 aliphatic heterocycles. The molecular formula is C15H24N2O2. The van der Waals surface area contributed by atoms with Crippen LogP contribution >= 0.6 is 0 Å². The van der Waals surface area contributed by atoms with E-state index in [4.69, 9.17) is 15.6 Å². The Hall–Kier alpha value is -1.26. The molecule has 0 aromatic heterocycles. The van der Waals surface area contributed by atoms with E-state index in [0.29, 0.717) is 19.3 Å². The lowest BCUT2D eigenvalue weighted by Gasteiger charge is -2.24. The van der Waals surface area contributed by atoms with Crippen LogP contribution in [0, 0.1) is 0 Å². The van der Waals surface area contributed by atoms with Crippen LogP contribution in [0.2, 0.25) is 0 Å². The Labute approximate surface area is 115 Å². The van der Waals surface area contributed by atoms with Gasteiger partial charge in [-0.2, -0.15) is 0 Å². The number of likely N-dealkylation sites (tertiary alicyclic amines) is 1. The minimum Gasteiger partial charge on any atom is -0.492 e. The van der Waals surface area contributed by atoms with Crippen molar-refractivity contribution in [3.63, 3.8) is 0 Å². The highest BCUT2D eigenvalue weighted by molar-refractivity contribution is 5.43. The minimum absolute atomic E-state index is 0.296. The molecule has 0 bridgehead atoms. The molecule has 4 heteroatoms. The maximum Gasteiger partial charge on any atom is 0.121 e. The fraction of sp³-hybridized carbons (Fsp3) is 0.600. The lowest BCUT2D eigenvalue weighted by Crippen LogP contribution is -2.33. The molecule has 0 amide bonds. The summed E-state index contributed by atoms with van der Waals surface area (Å²) >= 11 is 0. The largest absolute Gasteiger partial charge is 0.492 e. The quantitative estimate of drug-likeness (QED) is 0.738. The first-order valence-electron chi connectivity index (χ1n) is 7.13. The van der Waals surface area contributed by atoms with E-state index < -0.39 is 0 Å². The molecule has 1 heterocycles. The topological polar surface area (TPSA) is 58.7 Å². The second-order valence-corrected chi connectivity index (χ2v) is 5.12. The Kier molecular flexibility index (Phi) is 5.48. The number of anilines is 1. The molecule has 1 aromatic carbocycles. The molecule has 3 N–H and O–H groups in total. The van der Waals surface area contributed by atoms with Gasteiger partial charge in [0.1, 0.15) is 12.4 Å². The molecule has 1 atom stereocenters. The van der Waals surface area contributed by atoms with Crippen LogP contribution in [0.1, 0.15) is 25.7 Å². The number of nitrogen functional groups attached to an aromatic ring is 1. The maximum atomic E-state index is 8.91. The summed E-state index contributed by atoms with van der Waals surface area (Å²) in [4.78, 5) is 2.47. The number of aliphatic hydroxyl groups is 1. The van der Waals surface area contributed by atoms with E-state index in [0.717, 1.165) is 37.4 Å². The molecule has 4 nitrogen and oxygen atoms in total. The van der Waals surface area contributed by atoms with E-state index >= 15 is 0 Å². The van der Waals surface area contributed by atoms with Crippen molar-refractivity contribution < 1.29 is 9.84 Å². The lowest BCUT2D eigenvalue weighted by atomic mass is 10.1. The molecular weight excluding hydrogens is 240 g/mol. The molecule has 19 heavy (non-hydrogen) atoms. The van der Waals surface area contributed by atoms with E-state index in [-0.39, 0.29) is 0 Å². The van der Waals surface area contributed by atoms with Crippen LogP contribution in [0.25, 0.3) is 0 Å². The van der Waals surface area contributed by atoms with Crippen molar-refractivity contribution in [1.29, 1.82) is 0 Å². The second kappa shape index (κ2) is 7.36. The van der Waals surface area contributed by atoms with Gasteiger partial charge in [0.15, 0.2) is 0 Å². The first-order valence-corrected chi connectivity index (χ1v) is 7.13. The summed E-state index contributed by atoms with van der Waals surface area (Å²) in [5.74, 6) is 0.839. The van der Waals surface area contributed by atoms with Crippen LogP contribution in [-0.4, -0.2) is 42.4 Å². The molecule has 0 aliphatic carbocycles. The highest BCUT2D eigenvalue weighted by Gasteiger charge is 2.23. The SMILES string of the molecule is Nc1cccc(OCCN2CCCC2CCCO)c1. The van der Waals surface area contributed by atoms with E-state index in [9.17, 15) is 0 Å². The predicted octanol–water partition coefficient (Wildman–Crippen LogP) is 1.88. The molecule has 0 spiro atoms. The highest BCUT2D eigenvalue weighted by atomic mass is 16.5. The average Bonchev–Trinajstić information content (AvgIpc) is 2.84. The number of nitrogens with two attached hydrogens (primary N) is 1. The van der Waals surface area contributed by atoms with Gasteiger partial charge >= 0.3 is 0 Å². The Morgan fingerprint density at radius 1 is 1.42 bits per heavy atom. The normalized spacial score (nSPS) is 19.7. The van der Waals surface area contributed by atoms with Gasteiger partial charge in [0.05, 0.1) is 0 Å². The molecule has 1 saturated heterocycles. The highest BCUT2D eigenvalue weighted by Crippen LogP contribution is 2.21. The molecule has 1 aromatic rings. The van der Waals surface area contributed by atoms with Crippen LogP contribution in [0.5, 0.6) is 5.75 Å². The summed E-state index contributed by atoms with van der Waals surface area (Å²) in [5, 5.41) is 8.91. The summed E-state index contributed by atoms with van der Waals surface area (Å²) in [6.45, 7) is 3.09. The molecule has 106 valence electrons. The fourth-order valence-corrected chi connectivity index (χ4v) is 2.73. The first-order chi connectivity index (χ1) is 9.29. The van der Waals surface area contributed by atoms with Gasteiger partial charge in [-0.3, -0.25) is 4.90 Å². The third kappa shape index (κ3) is 4.40. The Balaban J connectivity index is 1.72. The van der Waals surface area contributed by atoms with Gasteiger partial charge in [0, 0.05) is 30.9 Å². The number of nitrogens with zero attached hydrogens (tertiary/aromatic N) is 1. The Bertz CT molecular complexity index is 384. The third-order valence-corrected chi connectivity index (χ3v) is 3.70. The van der Waals surface area contributed by atoms with Gasteiger partial charge in [-0.15, -0.1) is 0 Å². The number of aliphatic hydroxyl groups excluding tert-OH is 1. The van der Waals surface area contributed by atoms with Crippen molar-refractivity contribution in [3.8, 4) is 5.75 Å². The van der Waals surface area contributed by atoms with Gasteiger partial charge < -0.3 is 15.6 Å². The van der Waals surface area contributed by atoms with E-state index in [1.54, 1.807) is 0 Å². The molecule has 1 unspecified atom stereocenters.